The maximum Gasteiger partial charge on any atom is 0.262 e. The number of benzene rings is 1. The monoisotopic (exact) mass is 315 g/mol. The largest absolute Gasteiger partial charge is 0.286 e. The molecule has 8 heteroatoms. The molecule has 1 amide bonds. The van der Waals surface area contributed by atoms with Gasteiger partial charge in [0.25, 0.3) is 5.91 Å². The van der Waals surface area contributed by atoms with E-state index in [2.05, 4.69) is 4.99 Å². The number of anilines is 1. The van der Waals surface area contributed by atoms with Crippen molar-refractivity contribution in [2.24, 2.45) is 4.99 Å². The highest BCUT2D eigenvalue weighted by Gasteiger charge is 2.38. The van der Waals surface area contributed by atoms with Crippen LogP contribution < -0.4 is 4.90 Å². The van der Waals surface area contributed by atoms with E-state index in [1.807, 2.05) is 0 Å². The van der Waals surface area contributed by atoms with Gasteiger partial charge in [0.05, 0.1) is 12.6 Å². The number of carbonyl (C=O) groups excluding carboxylic acids is 1. The highest BCUT2D eigenvalue weighted by atomic mass is 35.5. The number of carbonyl (C=O) groups is 1. The van der Waals surface area contributed by atoms with Crippen LogP contribution in [0.2, 0.25) is 5.02 Å². The number of halogens is 4. The number of amides is 1. The third kappa shape index (κ3) is 1.99. The number of rotatable bonds is 1. The Bertz CT molecular complexity index is 717. The molecule has 2 aliphatic heterocycles. The van der Waals surface area contributed by atoms with E-state index in [4.69, 9.17) is 11.6 Å². The second-order valence-corrected chi connectivity index (χ2v) is 5.01. The number of guanidine groups is 1. The van der Waals surface area contributed by atoms with Crippen LogP contribution in [0.5, 0.6) is 0 Å². The van der Waals surface area contributed by atoms with E-state index in [9.17, 15) is 18.0 Å². The van der Waals surface area contributed by atoms with Crippen LogP contribution in [-0.4, -0.2) is 29.9 Å². The maximum atomic E-state index is 14.3. The van der Waals surface area contributed by atoms with Crippen molar-refractivity contribution >= 4 is 29.2 Å². The predicted molar refractivity (Wildman–Crippen MR) is 71.8 cm³/mol. The summed E-state index contributed by atoms with van der Waals surface area (Å²) >= 11 is 5.70. The first-order valence-corrected chi connectivity index (χ1v) is 6.47. The Morgan fingerprint density at radius 1 is 1.33 bits per heavy atom. The predicted octanol–water partition coefficient (Wildman–Crippen LogP) is 2.76. The Hall–Kier alpha value is -2.02. The van der Waals surface area contributed by atoms with Crippen molar-refractivity contribution in [1.82, 2.24) is 4.90 Å². The Labute approximate surface area is 123 Å². The summed E-state index contributed by atoms with van der Waals surface area (Å²) in [6, 6.07) is 0.914. The minimum atomic E-state index is -1.01. The molecule has 2 heterocycles. The Balaban J connectivity index is 2.21. The van der Waals surface area contributed by atoms with Gasteiger partial charge in [-0.25, -0.2) is 13.7 Å². The molecule has 0 atom stereocenters. The first kappa shape index (κ1) is 13.9. The normalized spacial score (nSPS) is 17.9. The lowest BCUT2D eigenvalue weighted by molar-refractivity contribution is -0.113. The zero-order chi connectivity index (χ0) is 15.3. The Morgan fingerprint density at radius 2 is 2.05 bits per heavy atom. The van der Waals surface area contributed by atoms with Crippen molar-refractivity contribution in [2.75, 3.05) is 18.0 Å². The Kier molecular flexibility index (Phi) is 3.16. The second kappa shape index (κ2) is 4.77. The lowest BCUT2D eigenvalue weighted by Crippen LogP contribution is -2.48. The summed E-state index contributed by atoms with van der Waals surface area (Å²) in [5, 5.41) is -0.0925. The molecule has 4 nitrogen and oxygen atoms in total. The number of fused-ring (bicyclic) bond motifs is 1. The van der Waals surface area contributed by atoms with Crippen LogP contribution in [0.25, 0.3) is 0 Å². The zero-order valence-electron chi connectivity index (χ0n) is 10.8. The summed E-state index contributed by atoms with van der Waals surface area (Å²) in [6.45, 7) is 1.80. The average Bonchev–Trinajstić information content (AvgIpc) is 2.89. The van der Waals surface area contributed by atoms with Gasteiger partial charge in [-0.3, -0.25) is 14.7 Å². The molecule has 3 rings (SSSR count). The molecule has 110 valence electrons. The SMILES string of the molecule is Cc1c(Cl)cc(F)c(N2C(=O)C=C(F)N3CCN=C32)c1F. The molecular weight excluding hydrogens is 307 g/mol. The zero-order valence-corrected chi connectivity index (χ0v) is 11.6. The maximum absolute atomic E-state index is 14.3. The van der Waals surface area contributed by atoms with Gasteiger partial charge >= 0.3 is 0 Å². The molecule has 0 spiro atoms. The van der Waals surface area contributed by atoms with E-state index in [0.717, 1.165) is 15.9 Å². The number of nitrogens with zero attached hydrogens (tertiary/aromatic N) is 3. The van der Waals surface area contributed by atoms with E-state index in [-0.39, 0.29) is 29.6 Å². The molecule has 0 saturated carbocycles. The van der Waals surface area contributed by atoms with Crippen molar-refractivity contribution in [2.45, 2.75) is 6.92 Å². The molecular formula is C13H9ClF3N3O. The minimum absolute atomic E-state index is 0.000962. The molecule has 0 bridgehead atoms. The molecule has 0 saturated heterocycles. The molecule has 0 unspecified atom stereocenters. The molecule has 21 heavy (non-hydrogen) atoms. The third-order valence-electron chi connectivity index (χ3n) is 3.34. The fourth-order valence-electron chi connectivity index (χ4n) is 2.26. The topological polar surface area (TPSA) is 35.9 Å². The number of hydrogen-bond acceptors (Lipinski definition) is 3. The van der Waals surface area contributed by atoms with Crippen LogP contribution >= 0.6 is 11.6 Å². The first-order chi connectivity index (χ1) is 9.91. The highest BCUT2D eigenvalue weighted by molar-refractivity contribution is 6.31. The second-order valence-electron chi connectivity index (χ2n) is 4.60. The van der Waals surface area contributed by atoms with Gasteiger partial charge in [-0.05, 0) is 13.0 Å². The van der Waals surface area contributed by atoms with E-state index in [1.165, 1.54) is 6.92 Å². The van der Waals surface area contributed by atoms with E-state index in [0.29, 0.717) is 6.08 Å². The van der Waals surface area contributed by atoms with Crippen LogP contribution in [-0.2, 0) is 4.79 Å². The van der Waals surface area contributed by atoms with Gasteiger partial charge in [0, 0.05) is 17.1 Å². The average molecular weight is 316 g/mol. The summed E-state index contributed by atoms with van der Waals surface area (Å²) in [6.07, 6.45) is 0.674. The molecule has 1 aromatic carbocycles. The van der Waals surface area contributed by atoms with Crippen molar-refractivity contribution in [3.63, 3.8) is 0 Å². The smallest absolute Gasteiger partial charge is 0.262 e. The standard InChI is InChI=1S/C13H9ClF3N3O/c1-6-7(14)4-8(15)12(11(6)17)20-10(21)5-9(16)19-3-2-18-13(19)20/h4-5H,2-3H2,1H3. The van der Waals surface area contributed by atoms with Gasteiger partial charge in [-0.15, -0.1) is 0 Å². The molecule has 1 aromatic rings. The van der Waals surface area contributed by atoms with Gasteiger partial charge < -0.3 is 0 Å². The van der Waals surface area contributed by atoms with Crippen LogP contribution in [0.3, 0.4) is 0 Å². The van der Waals surface area contributed by atoms with Crippen LogP contribution in [0.15, 0.2) is 23.1 Å². The molecule has 0 N–H and O–H groups in total. The van der Waals surface area contributed by atoms with Gasteiger partial charge in [0.15, 0.2) is 11.6 Å². The van der Waals surface area contributed by atoms with Crippen molar-refractivity contribution < 1.29 is 18.0 Å². The van der Waals surface area contributed by atoms with Crippen LogP contribution in [0.4, 0.5) is 18.9 Å². The van der Waals surface area contributed by atoms with E-state index < -0.39 is 29.2 Å². The third-order valence-corrected chi connectivity index (χ3v) is 3.73. The molecule has 2 aliphatic rings. The number of hydrogen-bond donors (Lipinski definition) is 0. The quantitative estimate of drug-likeness (QED) is 0.747. The summed E-state index contributed by atoms with van der Waals surface area (Å²) in [5.74, 6) is -3.80. The number of aliphatic imine (C=N–C) groups is 1. The fourth-order valence-corrected chi connectivity index (χ4v) is 2.44. The van der Waals surface area contributed by atoms with Crippen LogP contribution in [0.1, 0.15) is 5.56 Å². The van der Waals surface area contributed by atoms with Crippen LogP contribution in [0, 0.1) is 18.6 Å². The minimum Gasteiger partial charge on any atom is -0.286 e. The van der Waals surface area contributed by atoms with E-state index >= 15 is 0 Å². The van der Waals surface area contributed by atoms with Gasteiger partial charge in [-0.1, -0.05) is 11.6 Å². The van der Waals surface area contributed by atoms with Crippen molar-refractivity contribution in [3.8, 4) is 0 Å². The first-order valence-electron chi connectivity index (χ1n) is 6.09. The van der Waals surface area contributed by atoms with E-state index in [1.54, 1.807) is 0 Å². The van der Waals surface area contributed by atoms with Crippen molar-refractivity contribution in [3.05, 3.63) is 40.3 Å². The summed E-state index contributed by atoms with van der Waals surface area (Å²) in [7, 11) is 0. The lowest BCUT2D eigenvalue weighted by Gasteiger charge is -2.31. The van der Waals surface area contributed by atoms with Gasteiger partial charge in [-0.2, -0.15) is 4.39 Å². The summed E-state index contributed by atoms with van der Waals surface area (Å²) in [4.78, 5) is 17.7. The van der Waals surface area contributed by atoms with Crippen molar-refractivity contribution in [1.29, 1.82) is 0 Å². The summed E-state index contributed by atoms with van der Waals surface area (Å²) < 4.78 is 42.1. The van der Waals surface area contributed by atoms with Gasteiger partial charge in [0.2, 0.25) is 11.9 Å². The molecule has 0 aromatic heterocycles. The fraction of sp³-hybridized carbons (Fsp3) is 0.231. The highest BCUT2D eigenvalue weighted by Crippen LogP contribution is 2.34. The Morgan fingerprint density at radius 3 is 2.76 bits per heavy atom. The molecule has 0 radical (unpaired) electrons. The summed E-state index contributed by atoms with van der Waals surface area (Å²) in [5.41, 5.74) is -0.600. The molecule has 0 fully saturated rings. The molecule has 0 aliphatic carbocycles. The lowest BCUT2D eigenvalue weighted by atomic mass is 10.1. The van der Waals surface area contributed by atoms with Gasteiger partial charge in [0.1, 0.15) is 5.69 Å².